The number of alkyl halides is 1. The Labute approximate surface area is 109 Å². The van der Waals surface area contributed by atoms with Gasteiger partial charge in [0.2, 0.25) is 5.89 Å². The number of nitrogens with one attached hydrogen (secondary N) is 1. The van der Waals surface area contributed by atoms with E-state index in [0.29, 0.717) is 23.2 Å². The van der Waals surface area contributed by atoms with Crippen molar-refractivity contribution in [1.29, 1.82) is 0 Å². The van der Waals surface area contributed by atoms with Crippen LogP contribution in [0.25, 0.3) is 0 Å². The number of halogens is 1. The summed E-state index contributed by atoms with van der Waals surface area (Å²) in [4.78, 5) is 15.8. The van der Waals surface area contributed by atoms with Gasteiger partial charge in [-0.2, -0.15) is 4.98 Å². The highest BCUT2D eigenvalue weighted by molar-refractivity contribution is 6.17. The molecule has 0 aliphatic carbocycles. The lowest BCUT2D eigenvalue weighted by Crippen LogP contribution is -2.23. The zero-order valence-corrected chi connectivity index (χ0v) is 10.6. The maximum atomic E-state index is 11.9. The van der Waals surface area contributed by atoms with Crippen molar-refractivity contribution in [3.8, 4) is 0 Å². The average Bonchev–Trinajstić information content (AvgIpc) is 2.82. The van der Waals surface area contributed by atoms with Crippen molar-refractivity contribution in [1.82, 2.24) is 15.5 Å². The molecule has 0 spiro atoms. The second-order valence-corrected chi connectivity index (χ2v) is 4.01. The Hall–Kier alpha value is -1.88. The van der Waals surface area contributed by atoms with Gasteiger partial charge in [0.1, 0.15) is 0 Å². The maximum absolute atomic E-state index is 11.9. The van der Waals surface area contributed by atoms with Crippen LogP contribution in [0.1, 0.15) is 27.6 Å². The van der Waals surface area contributed by atoms with Crippen molar-refractivity contribution >= 4 is 17.5 Å². The molecule has 5 nitrogen and oxygen atoms in total. The fraction of sp³-hybridized carbons (Fsp3) is 0.250. The maximum Gasteiger partial charge on any atom is 0.251 e. The highest BCUT2D eigenvalue weighted by atomic mass is 35.5. The van der Waals surface area contributed by atoms with Crippen LogP contribution in [0.3, 0.4) is 0 Å². The van der Waals surface area contributed by atoms with Gasteiger partial charge < -0.3 is 9.84 Å². The summed E-state index contributed by atoms with van der Waals surface area (Å²) in [6.45, 7) is 1.93. The largest absolute Gasteiger partial charge is 0.345 e. The van der Waals surface area contributed by atoms with Crippen molar-refractivity contribution in [2.75, 3.05) is 0 Å². The van der Waals surface area contributed by atoms with Crippen LogP contribution in [0.2, 0.25) is 0 Å². The molecule has 2 aromatic rings. The molecule has 18 heavy (non-hydrogen) atoms. The summed E-state index contributed by atoms with van der Waals surface area (Å²) in [6, 6.07) is 7.15. The fourth-order valence-electron chi connectivity index (χ4n) is 1.47. The number of aromatic nitrogens is 2. The molecule has 0 aliphatic heterocycles. The molecule has 0 bridgehead atoms. The van der Waals surface area contributed by atoms with Crippen molar-refractivity contribution in [2.24, 2.45) is 0 Å². The van der Waals surface area contributed by atoms with E-state index in [2.05, 4.69) is 15.5 Å². The van der Waals surface area contributed by atoms with Gasteiger partial charge in [-0.05, 0) is 17.7 Å². The van der Waals surface area contributed by atoms with Gasteiger partial charge in [0.25, 0.3) is 5.91 Å². The van der Waals surface area contributed by atoms with Gasteiger partial charge in [-0.15, -0.1) is 11.6 Å². The van der Waals surface area contributed by atoms with Crippen molar-refractivity contribution in [2.45, 2.75) is 19.3 Å². The number of amides is 1. The van der Waals surface area contributed by atoms with Gasteiger partial charge in [0.15, 0.2) is 5.82 Å². The topological polar surface area (TPSA) is 68.0 Å². The van der Waals surface area contributed by atoms with E-state index in [1.807, 2.05) is 6.07 Å². The van der Waals surface area contributed by atoms with Gasteiger partial charge >= 0.3 is 0 Å². The summed E-state index contributed by atoms with van der Waals surface area (Å²) < 4.78 is 4.81. The van der Waals surface area contributed by atoms with Gasteiger partial charge in [-0.1, -0.05) is 17.3 Å². The van der Waals surface area contributed by atoms with E-state index in [1.165, 1.54) is 0 Å². The Morgan fingerprint density at radius 3 is 3.00 bits per heavy atom. The Kier molecular flexibility index (Phi) is 3.94. The van der Waals surface area contributed by atoms with Crippen LogP contribution in [0.5, 0.6) is 0 Å². The molecule has 1 heterocycles. The van der Waals surface area contributed by atoms with Crippen molar-refractivity contribution in [3.63, 3.8) is 0 Å². The standard InChI is InChI=1S/C12H12ClN3O2/c1-8-15-11(16-18-8)7-14-12(17)10-4-2-3-9(5-10)6-13/h2-5H,6-7H2,1H3,(H,14,17). The number of rotatable bonds is 4. The summed E-state index contributed by atoms with van der Waals surface area (Å²) >= 11 is 5.72. The minimum atomic E-state index is -0.190. The first kappa shape index (κ1) is 12.6. The molecule has 0 saturated carbocycles. The van der Waals surface area contributed by atoms with Crippen LogP contribution >= 0.6 is 11.6 Å². The molecule has 1 aromatic carbocycles. The molecule has 1 N–H and O–H groups in total. The Morgan fingerprint density at radius 2 is 2.33 bits per heavy atom. The number of benzene rings is 1. The molecule has 1 amide bonds. The molecular formula is C12H12ClN3O2. The highest BCUT2D eigenvalue weighted by Crippen LogP contribution is 2.08. The SMILES string of the molecule is Cc1nc(CNC(=O)c2cccc(CCl)c2)no1. The summed E-state index contributed by atoms with van der Waals surface area (Å²) in [5.74, 6) is 1.12. The molecule has 0 fully saturated rings. The summed E-state index contributed by atoms with van der Waals surface area (Å²) in [7, 11) is 0. The number of nitrogens with zero attached hydrogens (tertiary/aromatic N) is 2. The van der Waals surface area contributed by atoms with E-state index in [4.69, 9.17) is 16.1 Å². The first-order valence-corrected chi connectivity index (χ1v) is 5.95. The lowest BCUT2D eigenvalue weighted by molar-refractivity contribution is 0.0949. The molecule has 0 aliphatic rings. The zero-order valence-electron chi connectivity index (χ0n) is 9.81. The quantitative estimate of drug-likeness (QED) is 0.859. The van der Waals surface area contributed by atoms with Gasteiger partial charge in [0.05, 0.1) is 6.54 Å². The summed E-state index contributed by atoms with van der Waals surface area (Å²) in [6.07, 6.45) is 0. The van der Waals surface area contributed by atoms with Crippen LogP contribution in [-0.2, 0) is 12.4 Å². The molecule has 0 saturated heterocycles. The second kappa shape index (κ2) is 5.64. The van der Waals surface area contributed by atoms with Crippen molar-refractivity contribution in [3.05, 3.63) is 47.1 Å². The highest BCUT2D eigenvalue weighted by Gasteiger charge is 2.08. The smallest absolute Gasteiger partial charge is 0.251 e. The molecule has 1 aromatic heterocycles. The normalized spacial score (nSPS) is 10.3. The van der Waals surface area contributed by atoms with E-state index in [-0.39, 0.29) is 12.5 Å². The zero-order chi connectivity index (χ0) is 13.0. The van der Waals surface area contributed by atoms with Crippen LogP contribution < -0.4 is 5.32 Å². The molecule has 2 rings (SSSR count). The predicted octanol–water partition coefficient (Wildman–Crippen LogP) is 2.05. The third-order valence-corrected chi connectivity index (χ3v) is 2.63. The fourth-order valence-corrected chi connectivity index (χ4v) is 1.64. The predicted molar refractivity (Wildman–Crippen MR) is 66.2 cm³/mol. The second-order valence-electron chi connectivity index (χ2n) is 3.75. The lowest BCUT2D eigenvalue weighted by Gasteiger charge is -2.03. The third-order valence-electron chi connectivity index (χ3n) is 2.32. The van der Waals surface area contributed by atoms with E-state index in [9.17, 15) is 4.79 Å². The summed E-state index contributed by atoms with van der Waals surface area (Å²) in [5.41, 5.74) is 1.47. The monoisotopic (exact) mass is 265 g/mol. The number of hydrogen-bond donors (Lipinski definition) is 1. The van der Waals surface area contributed by atoms with Crippen molar-refractivity contribution < 1.29 is 9.32 Å². The van der Waals surface area contributed by atoms with Crippen LogP contribution in [0.4, 0.5) is 0 Å². The number of aryl methyl sites for hydroxylation is 1. The molecular weight excluding hydrogens is 254 g/mol. The van der Waals surface area contributed by atoms with E-state index < -0.39 is 0 Å². The molecule has 0 radical (unpaired) electrons. The first-order chi connectivity index (χ1) is 8.69. The minimum Gasteiger partial charge on any atom is -0.345 e. The number of hydrogen-bond acceptors (Lipinski definition) is 4. The molecule has 6 heteroatoms. The molecule has 0 atom stereocenters. The van der Waals surface area contributed by atoms with Crippen LogP contribution in [-0.4, -0.2) is 16.0 Å². The van der Waals surface area contributed by atoms with Crippen LogP contribution in [0.15, 0.2) is 28.8 Å². The van der Waals surface area contributed by atoms with E-state index in [1.54, 1.807) is 25.1 Å². The Bertz CT molecular complexity index is 554. The van der Waals surface area contributed by atoms with E-state index >= 15 is 0 Å². The van der Waals surface area contributed by atoms with Gasteiger partial charge in [0, 0.05) is 18.4 Å². The minimum absolute atomic E-state index is 0.190. The first-order valence-electron chi connectivity index (χ1n) is 5.41. The number of carbonyl (C=O) groups is 1. The Balaban J connectivity index is 1.99. The van der Waals surface area contributed by atoms with Crippen LogP contribution in [0, 0.1) is 6.92 Å². The molecule has 0 unspecified atom stereocenters. The van der Waals surface area contributed by atoms with E-state index in [0.717, 1.165) is 5.56 Å². The summed E-state index contributed by atoms with van der Waals surface area (Å²) in [5, 5.41) is 6.41. The average molecular weight is 266 g/mol. The van der Waals surface area contributed by atoms with Gasteiger partial charge in [-0.25, -0.2) is 0 Å². The Morgan fingerprint density at radius 1 is 1.50 bits per heavy atom. The number of carbonyl (C=O) groups excluding carboxylic acids is 1. The van der Waals surface area contributed by atoms with Gasteiger partial charge in [-0.3, -0.25) is 4.79 Å². The lowest BCUT2D eigenvalue weighted by atomic mass is 10.1. The third kappa shape index (κ3) is 3.07. The molecule has 94 valence electrons.